The van der Waals surface area contributed by atoms with E-state index in [1.807, 2.05) is 19.1 Å². The highest BCUT2D eigenvalue weighted by Gasteiger charge is 2.10. The van der Waals surface area contributed by atoms with Crippen LogP contribution in [-0.4, -0.2) is 13.1 Å². The van der Waals surface area contributed by atoms with Crippen LogP contribution in [0.1, 0.15) is 18.9 Å². The molecular formula is C12H12FN3. The summed E-state index contributed by atoms with van der Waals surface area (Å²) in [7, 11) is 0. The Balaban J connectivity index is 2.94. The Bertz CT molecular complexity index is 443. The Morgan fingerprint density at radius 3 is 2.62 bits per heavy atom. The number of benzene rings is 1. The van der Waals surface area contributed by atoms with Crippen molar-refractivity contribution >= 4 is 5.69 Å². The zero-order chi connectivity index (χ0) is 12.0. The van der Waals surface area contributed by atoms with Gasteiger partial charge < -0.3 is 4.90 Å². The maximum Gasteiger partial charge on any atom is 0.147 e. The lowest BCUT2D eigenvalue weighted by Crippen LogP contribution is -2.24. The van der Waals surface area contributed by atoms with Crippen molar-refractivity contribution in [3.63, 3.8) is 0 Å². The van der Waals surface area contributed by atoms with Gasteiger partial charge in [-0.15, -0.1) is 0 Å². The Hall–Kier alpha value is -2.07. The van der Waals surface area contributed by atoms with Gasteiger partial charge in [-0.1, -0.05) is 0 Å². The van der Waals surface area contributed by atoms with Crippen LogP contribution in [-0.2, 0) is 0 Å². The second-order valence-electron chi connectivity index (χ2n) is 3.27. The predicted octanol–water partition coefficient (Wildman–Crippen LogP) is 2.44. The summed E-state index contributed by atoms with van der Waals surface area (Å²) in [5.41, 5.74) is 0.745. The number of nitriles is 2. The molecular weight excluding hydrogens is 205 g/mol. The van der Waals surface area contributed by atoms with Crippen molar-refractivity contribution in [2.45, 2.75) is 13.3 Å². The van der Waals surface area contributed by atoms with E-state index in [2.05, 4.69) is 0 Å². The van der Waals surface area contributed by atoms with E-state index in [0.717, 1.165) is 0 Å². The van der Waals surface area contributed by atoms with Crippen molar-refractivity contribution in [3.05, 3.63) is 29.6 Å². The van der Waals surface area contributed by atoms with Crippen LogP contribution in [0.25, 0.3) is 0 Å². The van der Waals surface area contributed by atoms with Crippen LogP contribution in [0.4, 0.5) is 10.1 Å². The molecule has 0 radical (unpaired) electrons. The number of rotatable bonds is 4. The molecule has 0 aliphatic heterocycles. The normalized spacial score (nSPS) is 9.25. The van der Waals surface area contributed by atoms with Crippen molar-refractivity contribution in [2.24, 2.45) is 0 Å². The van der Waals surface area contributed by atoms with E-state index in [0.29, 0.717) is 30.8 Å². The fraction of sp³-hybridized carbons (Fsp3) is 0.333. The molecule has 1 aromatic carbocycles. The van der Waals surface area contributed by atoms with Crippen LogP contribution in [0, 0.1) is 28.5 Å². The maximum atomic E-state index is 13.6. The minimum absolute atomic E-state index is 0.303. The Morgan fingerprint density at radius 1 is 1.38 bits per heavy atom. The molecule has 0 atom stereocenters. The molecule has 1 aromatic rings. The quantitative estimate of drug-likeness (QED) is 0.778. The van der Waals surface area contributed by atoms with Crippen LogP contribution in [0.3, 0.4) is 0 Å². The minimum Gasteiger partial charge on any atom is -0.368 e. The average Bonchev–Trinajstić information content (AvgIpc) is 2.31. The molecule has 16 heavy (non-hydrogen) atoms. The van der Waals surface area contributed by atoms with Crippen molar-refractivity contribution in [1.29, 1.82) is 10.5 Å². The van der Waals surface area contributed by atoms with Crippen molar-refractivity contribution < 1.29 is 4.39 Å². The highest BCUT2D eigenvalue weighted by molar-refractivity contribution is 5.51. The molecule has 0 aliphatic rings. The SMILES string of the molecule is CCN(CCC#N)c1ccc(C#N)cc1F. The van der Waals surface area contributed by atoms with Crippen LogP contribution < -0.4 is 4.90 Å². The molecule has 0 heterocycles. The number of hydrogen-bond acceptors (Lipinski definition) is 3. The van der Waals surface area contributed by atoms with Crippen molar-refractivity contribution in [2.75, 3.05) is 18.0 Å². The summed E-state index contributed by atoms with van der Waals surface area (Å²) < 4.78 is 13.6. The molecule has 4 heteroatoms. The van der Waals surface area contributed by atoms with Gasteiger partial charge in [0.1, 0.15) is 5.82 Å². The summed E-state index contributed by atoms with van der Waals surface area (Å²) >= 11 is 0. The molecule has 0 saturated heterocycles. The van der Waals surface area contributed by atoms with E-state index in [1.165, 1.54) is 6.07 Å². The molecule has 0 fully saturated rings. The van der Waals surface area contributed by atoms with Crippen molar-refractivity contribution in [3.8, 4) is 12.1 Å². The average molecular weight is 217 g/mol. The molecule has 0 saturated carbocycles. The fourth-order valence-electron chi connectivity index (χ4n) is 1.47. The van der Waals surface area contributed by atoms with Gasteiger partial charge >= 0.3 is 0 Å². The first kappa shape index (κ1) is 12.0. The number of anilines is 1. The van der Waals surface area contributed by atoms with Gasteiger partial charge in [-0.2, -0.15) is 10.5 Å². The molecule has 0 bridgehead atoms. The Kier molecular flexibility index (Phi) is 4.29. The predicted molar refractivity (Wildman–Crippen MR) is 59.2 cm³/mol. The molecule has 3 nitrogen and oxygen atoms in total. The van der Waals surface area contributed by atoms with Gasteiger partial charge in [-0.25, -0.2) is 4.39 Å². The van der Waals surface area contributed by atoms with Gasteiger partial charge in [0.05, 0.1) is 29.8 Å². The van der Waals surface area contributed by atoms with Crippen LogP contribution in [0.15, 0.2) is 18.2 Å². The highest BCUT2D eigenvalue weighted by Crippen LogP contribution is 2.20. The summed E-state index contributed by atoms with van der Waals surface area (Å²) in [4.78, 5) is 1.78. The van der Waals surface area contributed by atoms with E-state index < -0.39 is 5.82 Å². The number of nitrogens with zero attached hydrogens (tertiary/aromatic N) is 3. The van der Waals surface area contributed by atoms with Gasteiger partial charge in [0.25, 0.3) is 0 Å². The molecule has 0 unspecified atom stereocenters. The molecule has 82 valence electrons. The van der Waals surface area contributed by atoms with Gasteiger partial charge in [-0.3, -0.25) is 0 Å². The van der Waals surface area contributed by atoms with Crippen LogP contribution in [0.5, 0.6) is 0 Å². The monoisotopic (exact) mass is 217 g/mol. The van der Waals surface area contributed by atoms with Gasteiger partial charge in [0.2, 0.25) is 0 Å². The summed E-state index contributed by atoms with van der Waals surface area (Å²) in [6.45, 7) is 3.02. The van der Waals surface area contributed by atoms with Crippen LogP contribution in [0.2, 0.25) is 0 Å². The van der Waals surface area contributed by atoms with E-state index in [4.69, 9.17) is 10.5 Å². The van der Waals surface area contributed by atoms with Gasteiger partial charge in [-0.05, 0) is 25.1 Å². The Morgan fingerprint density at radius 2 is 2.12 bits per heavy atom. The summed E-state index contributed by atoms with van der Waals surface area (Å²) in [5.74, 6) is -0.418. The highest BCUT2D eigenvalue weighted by atomic mass is 19.1. The smallest absolute Gasteiger partial charge is 0.147 e. The third kappa shape index (κ3) is 2.71. The number of hydrogen-bond donors (Lipinski definition) is 0. The van der Waals surface area contributed by atoms with Gasteiger partial charge in [0, 0.05) is 13.1 Å². The van der Waals surface area contributed by atoms with E-state index >= 15 is 0 Å². The third-order valence-corrected chi connectivity index (χ3v) is 2.29. The topological polar surface area (TPSA) is 50.8 Å². The summed E-state index contributed by atoms with van der Waals surface area (Å²) in [6, 6.07) is 8.28. The lowest BCUT2D eigenvalue weighted by Gasteiger charge is -2.22. The van der Waals surface area contributed by atoms with Gasteiger partial charge in [0.15, 0.2) is 0 Å². The molecule has 0 aliphatic carbocycles. The third-order valence-electron chi connectivity index (χ3n) is 2.29. The molecule has 0 spiro atoms. The Labute approximate surface area is 94.3 Å². The fourth-order valence-corrected chi connectivity index (χ4v) is 1.47. The molecule has 0 amide bonds. The molecule has 0 N–H and O–H groups in total. The van der Waals surface area contributed by atoms with E-state index in [-0.39, 0.29) is 0 Å². The second kappa shape index (κ2) is 5.72. The van der Waals surface area contributed by atoms with E-state index in [9.17, 15) is 4.39 Å². The second-order valence-corrected chi connectivity index (χ2v) is 3.27. The lowest BCUT2D eigenvalue weighted by atomic mass is 10.2. The molecule has 0 aromatic heterocycles. The first-order valence-corrected chi connectivity index (χ1v) is 5.04. The van der Waals surface area contributed by atoms with Crippen molar-refractivity contribution in [1.82, 2.24) is 0 Å². The minimum atomic E-state index is -0.418. The first-order chi connectivity index (χ1) is 7.72. The standard InChI is InChI=1S/C12H12FN3/c1-2-16(7-3-6-14)12-5-4-10(9-15)8-11(12)13/h4-5,8H,2-3,7H2,1H3. The maximum absolute atomic E-state index is 13.6. The first-order valence-electron chi connectivity index (χ1n) is 5.04. The largest absolute Gasteiger partial charge is 0.368 e. The number of halogens is 1. The summed E-state index contributed by atoms with van der Waals surface area (Å²) in [5, 5.41) is 17.1. The van der Waals surface area contributed by atoms with E-state index in [1.54, 1.807) is 17.0 Å². The summed E-state index contributed by atoms with van der Waals surface area (Å²) in [6.07, 6.45) is 0.354. The lowest BCUT2D eigenvalue weighted by molar-refractivity contribution is 0.618. The molecule has 1 rings (SSSR count). The van der Waals surface area contributed by atoms with Crippen LogP contribution >= 0.6 is 0 Å². The zero-order valence-electron chi connectivity index (χ0n) is 9.07. The zero-order valence-corrected chi connectivity index (χ0v) is 9.07.